The van der Waals surface area contributed by atoms with Gasteiger partial charge in [-0.3, -0.25) is 9.48 Å². The molecule has 0 aliphatic heterocycles. The first kappa shape index (κ1) is 23.2. The Labute approximate surface area is 206 Å². The van der Waals surface area contributed by atoms with Crippen LogP contribution in [0.4, 0.5) is 10.1 Å². The molecule has 0 aliphatic rings. The maximum Gasteiger partial charge on any atom is 0.259 e. The SMILES string of the molecule is COc1ccc(-c2noc3nc(C)cc(C(=O)Nc4c(C)nn(Cc5ccc(F)cc5)c4C)c23)cc1. The Morgan fingerprint density at radius 3 is 2.50 bits per heavy atom. The topological polar surface area (TPSA) is 95.1 Å². The molecule has 0 saturated carbocycles. The van der Waals surface area contributed by atoms with Crippen LogP contribution in [0.5, 0.6) is 5.75 Å². The van der Waals surface area contributed by atoms with Crippen LogP contribution in [0.2, 0.25) is 0 Å². The average molecular weight is 486 g/mol. The number of halogens is 1. The van der Waals surface area contributed by atoms with E-state index in [1.165, 1.54) is 12.1 Å². The van der Waals surface area contributed by atoms with Crippen LogP contribution in [-0.2, 0) is 6.54 Å². The summed E-state index contributed by atoms with van der Waals surface area (Å²) in [6.45, 7) is 5.96. The van der Waals surface area contributed by atoms with Gasteiger partial charge >= 0.3 is 0 Å². The number of nitrogens with one attached hydrogen (secondary N) is 1. The van der Waals surface area contributed by atoms with E-state index >= 15 is 0 Å². The minimum Gasteiger partial charge on any atom is -0.497 e. The Balaban J connectivity index is 1.50. The standard InChI is InChI=1S/C27H24FN5O3/c1-15-13-22(23-25(32-36-27(23)29-15)19-7-11-21(35-4)12-8-19)26(34)30-24-16(2)31-33(17(24)3)14-18-5-9-20(28)10-6-18/h5-13H,14H2,1-4H3,(H,30,34). The Kier molecular flexibility index (Phi) is 5.97. The van der Waals surface area contributed by atoms with E-state index in [0.29, 0.717) is 46.0 Å². The van der Waals surface area contributed by atoms with Gasteiger partial charge in [-0.05, 0) is 68.8 Å². The highest BCUT2D eigenvalue weighted by atomic mass is 19.1. The van der Waals surface area contributed by atoms with E-state index in [4.69, 9.17) is 9.26 Å². The summed E-state index contributed by atoms with van der Waals surface area (Å²) in [5.74, 6) is 0.0971. The highest BCUT2D eigenvalue weighted by Gasteiger charge is 2.23. The maximum absolute atomic E-state index is 13.6. The number of hydrogen-bond donors (Lipinski definition) is 1. The number of ether oxygens (including phenoxy) is 1. The van der Waals surface area contributed by atoms with E-state index in [2.05, 4.69) is 20.6 Å². The number of aromatic nitrogens is 4. The smallest absolute Gasteiger partial charge is 0.259 e. The number of anilines is 1. The fraction of sp³-hybridized carbons (Fsp3) is 0.185. The van der Waals surface area contributed by atoms with Crippen molar-refractivity contribution in [2.45, 2.75) is 27.3 Å². The van der Waals surface area contributed by atoms with Gasteiger partial charge in [-0.2, -0.15) is 5.10 Å². The van der Waals surface area contributed by atoms with Crippen molar-refractivity contribution >= 4 is 22.7 Å². The molecule has 182 valence electrons. The lowest BCUT2D eigenvalue weighted by molar-refractivity contribution is 0.102. The van der Waals surface area contributed by atoms with Gasteiger partial charge < -0.3 is 14.6 Å². The molecule has 5 aromatic rings. The maximum atomic E-state index is 13.6. The zero-order valence-corrected chi connectivity index (χ0v) is 20.3. The Morgan fingerprint density at radius 1 is 1.08 bits per heavy atom. The number of rotatable bonds is 6. The summed E-state index contributed by atoms with van der Waals surface area (Å²) in [4.78, 5) is 18.0. The number of nitrogens with zero attached hydrogens (tertiary/aromatic N) is 4. The van der Waals surface area contributed by atoms with Crippen LogP contribution in [0.25, 0.3) is 22.4 Å². The van der Waals surface area contributed by atoms with Crippen molar-refractivity contribution in [3.05, 3.63) is 88.6 Å². The predicted molar refractivity (Wildman–Crippen MR) is 134 cm³/mol. The third-order valence-electron chi connectivity index (χ3n) is 6.05. The predicted octanol–water partition coefficient (Wildman–Crippen LogP) is 5.46. The highest BCUT2D eigenvalue weighted by Crippen LogP contribution is 2.32. The molecule has 1 amide bonds. The van der Waals surface area contributed by atoms with Crippen molar-refractivity contribution in [3.8, 4) is 17.0 Å². The lowest BCUT2D eigenvalue weighted by Crippen LogP contribution is -2.14. The summed E-state index contributed by atoms with van der Waals surface area (Å²) in [6.07, 6.45) is 0. The van der Waals surface area contributed by atoms with Crippen molar-refractivity contribution in [1.29, 1.82) is 0 Å². The number of methoxy groups -OCH3 is 1. The second-order valence-corrected chi connectivity index (χ2v) is 8.54. The third-order valence-corrected chi connectivity index (χ3v) is 6.05. The fourth-order valence-electron chi connectivity index (χ4n) is 4.17. The first-order chi connectivity index (χ1) is 17.3. The highest BCUT2D eigenvalue weighted by molar-refractivity contribution is 6.15. The van der Waals surface area contributed by atoms with Gasteiger partial charge in [0, 0.05) is 11.3 Å². The van der Waals surface area contributed by atoms with Gasteiger partial charge in [0.05, 0.1) is 41.7 Å². The fourth-order valence-corrected chi connectivity index (χ4v) is 4.17. The third kappa shape index (κ3) is 4.31. The minimum absolute atomic E-state index is 0.284. The minimum atomic E-state index is -0.323. The van der Waals surface area contributed by atoms with Crippen LogP contribution in [0.3, 0.4) is 0 Å². The molecule has 0 aliphatic carbocycles. The summed E-state index contributed by atoms with van der Waals surface area (Å²) in [6, 6.07) is 15.3. The number of carbonyl (C=O) groups excluding carboxylic acids is 1. The molecule has 3 aromatic heterocycles. The molecule has 5 rings (SSSR count). The molecular formula is C27H24FN5O3. The van der Waals surface area contributed by atoms with E-state index in [-0.39, 0.29) is 17.4 Å². The molecule has 0 atom stereocenters. The second kappa shape index (κ2) is 9.26. The zero-order valence-electron chi connectivity index (χ0n) is 20.3. The van der Waals surface area contributed by atoms with Gasteiger partial charge in [-0.25, -0.2) is 9.37 Å². The number of hydrogen-bond acceptors (Lipinski definition) is 6. The van der Waals surface area contributed by atoms with E-state index < -0.39 is 0 Å². The quantitative estimate of drug-likeness (QED) is 0.343. The molecule has 8 nitrogen and oxygen atoms in total. The van der Waals surface area contributed by atoms with Crippen LogP contribution in [-0.4, -0.2) is 32.9 Å². The van der Waals surface area contributed by atoms with E-state index in [1.54, 1.807) is 36.9 Å². The van der Waals surface area contributed by atoms with E-state index in [1.807, 2.05) is 38.1 Å². The second-order valence-electron chi connectivity index (χ2n) is 8.54. The molecule has 36 heavy (non-hydrogen) atoms. The molecule has 0 bridgehead atoms. The number of fused-ring (bicyclic) bond motifs is 1. The number of pyridine rings is 1. The zero-order chi connectivity index (χ0) is 25.4. The number of carbonyl (C=O) groups is 1. The number of amides is 1. The summed E-state index contributed by atoms with van der Waals surface area (Å²) < 4.78 is 25.8. The summed E-state index contributed by atoms with van der Waals surface area (Å²) in [7, 11) is 1.60. The van der Waals surface area contributed by atoms with Crippen molar-refractivity contribution in [2.24, 2.45) is 0 Å². The molecule has 0 radical (unpaired) electrons. The van der Waals surface area contributed by atoms with Crippen molar-refractivity contribution in [3.63, 3.8) is 0 Å². The van der Waals surface area contributed by atoms with E-state index in [9.17, 15) is 9.18 Å². The Bertz CT molecular complexity index is 1570. The molecule has 0 fully saturated rings. The number of benzene rings is 2. The van der Waals surface area contributed by atoms with Gasteiger partial charge in [0.1, 0.15) is 17.3 Å². The number of aryl methyl sites for hydroxylation is 2. The van der Waals surface area contributed by atoms with E-state index in [0.717, 1.165) is 16.8 Å². The van der Waals surface area contributed by atoms with Crippen molar-refractivity contribution in [2.75, 3.05) is 12.4 Å². The normalized spacial score (nSPS) is 11.1. The first-order valence-electron chi connectivity index (χ1n) is 11.4. The molecule has 0 saturated heterocycles. The monoisotopic (exact) mass is 485 g/mol. The van der Waals surface area contributed by atoms with Crippen LogP contribution < -0.4 is 10.1 Å². The molecule has 9 heteroatoms. The van der Waals surface area contributed by atoms with Gasteiger partial charge in [-0.15, -0.1) is 0 Å². The van der Waals surface area contributed by atoms with Crippen molar-refractivity contribution in [1.82, 2.24) is 19.9 Å². The first-order valence-corrected chi connectivity index (χ1v) is 11.4. The molecule has 1 N–H and O–H groups in total. The van der Waals surface area contributed by atoms with Gasteiger partial charge in [0.25, 0.3) is 11.6 Å². The van der Waals surface area contributed by atoms with Crippen LogP contribution in [0, 0.1) is 26.6 Å². The molecule has 0 unspecified atom stereocenters. The summed E-state index contributed by atoms with van der Waals surface area (Å²) >= 11 is 0. The molecular weight excluding hydrogens is 461 g/mol. The van der Waals surface area contributed by atoms with Crippen molar-refractivity contribution < 1.29 is 18.4 Å². The van der Waals surface area contributed by atoms with Gasteiger partial charge in [0.15, 0.2) is 0 Å². The summed E-state index contributed by atoms with van der Waals surface area (Å²) in [5.41, 5.74) is 5.58. The Hall–Kier alpha value is -4.53. The lowest BCUT2D eigenvalue weighted by atomic mass is 10.0. The van der Waals surface area contributed by atoms with Gasteiger partial charge in [-0.1, -0.05) is 17.3 Å². The molecule has 0 spiro atoms. The molecule has 2 aromatic carbocycles. The lowest BCUT2D eigenvalue weighted by Gasteiger charge is -2.09. The van der Waals surface area contributed by atoms with Crippen LogP contribution >= 0.6 is 0 Å². The average Bonchev–Trinajstić information content (AvgIpc) is 3.41. The van der Waals surface area contributed by atoms with Gasteiger partial charge in [0.2, 0.25) is 0 Å². The summed E-state index contributed by atoms with van der Waals surface area (Å²) in [5, 5.41) is 12.3. The Morgan fingerprint density at radius 2 is 1.81 bits per heavy atom. The molecule has 3 heterocycles. The largest absolute Gasteiger partial charge is 0.497 e. The van der Waals surface area contributed by atoms with Crippen LogP contribution in [0.15, 0.2) is 59.1 Å². The van der Waals surface area contributed by atoms with Crippen LogP contribution in [0.1, 0.15) is 33.0 Å².